The lowest BCUT2D eigenvalue weighted by molar-refractivity contribution is 0.202. The molecule has 0 aliphatic heterocycles. The second kappa shape index (κ2) is 5.63. The van der Waals surface area contributed by atoms with Crippen LogP contribution in [0.5, 0.6) is 5.75 Å². The molecule has 1 atom stereocenters. The first-order valence-corrected chi connectivity index (χ1v) is 6.50. The number of hydrogen-bond acceptors (Lipinski definition) is 3. The van der Waals surface area contributed by atoms with Crippen molar-refractivity contribution in [1.82, 2.24) is 9.78 Å². The lowest BCUT2D eigenvalue weighted by Gasteiger charge is -2.16. The molecule has 0 amide bonds. The van der Waals surface area contributed by atoms with Crippen LogP contribution in [-0.2, 0) is 6.54 Å². The van der Waals surface area contributed by atoms with Crippen LogP contribution in [0.4, 0.5) is 0 Å². The first kappa shape index (κ1) is 13.9. The Hall–Kier alpha value is -1.52. The van der Waals surface area contributed by atoms with Crippen LogP contribution in [0.15, 0.2) is 24.4 Å². The summed E-state index contributed by atoms with van der Waals surface area (Å²) < 4.78 is 6.96. The third-order valence-corrected chi connectivity index (χ3v) is 3.40. The summed E-state index contributed by atoms with van der Waals surface area (Å²) in [5.74, 6) is 0.561. The van der Waals surface area contributed by atoms with Crippen molar-refractivity contribution in [3.05, 3.63) is 46.2 Å². The van der Waals surface area contributed by atoms with E-state index < -0.39 is 6.10 Å². The number of aliphatic hydroxyl groups excluding tert-OH is 1. The molecule has 0 spiro atoms. The van der Waals surface area contributed by atoms with Gasteiger partial charge in [-0.3, -0.25) is 4.68 Å². The molecule has 0 aliphatic carbocycles. The van der Waals surface area contributed by atoms with Crippen LogP contribution in [0.1, 0.15) is 29.8 Å². The van der Waals surface area contributed by atoms with Crippen LogP contribution >= 0.6 is 11.6 Å². The fourth-order valence-corrected chi connectivity index (χ4v) is 2.40. The number of nitrogens with zero attached hydrogens (tertiary/aromatic N) is 2. The number of ether oxygens (including phenoxy) is 1. The highest BCUT2D eigenvalue weighted by Crippen LogP contribution is 2.33. The highest BCUT2D eigenvalue weighted by Gasteiger charge is 2.22. The predicted molar refractivity (Wildman–Crippen MR) is 74.7 cm³/mol. The van der Waals surface area contributed by atoms with Crippen LogP contribution in [0.25, 0.3) is 0 Å². The molecule has 0 aliphatic rings. The maximum atomic E-state index is 10.6. The molecule has 2 aromatic rings. The molecule has 0 bridgehead atoms. The van der Waals surface area contributed by atoms with Gasteiger partial charge in [0, 0.05) is 17.1 Å². The van der Waals surface area contributed by atoms with Gasteiger partial charge in [0.05, 0.1) is 13.3 Å². The molecule has 1 heterocycles. The van der Waals surface area contributed by atoms with E-state index in [-0.39, 0.29) is 0 Å². The second-order valence-electron chi connectivity index (χ2n) is 4.34. The third kappa shape index (κ3) is 2.60. The summed E-state index contributed by atoms with van der Waals surface area (Å²) in [6.45, 7) is 4.57. The Bertz CT molecular complexity index is 559. The summed E-state index contributed by atoms with van der Waals surface area (Å²) >= 11 is 6.20. The summed E-state index contributed by atoms with van der Waals surface area (Å²) in [6, 6.07) is 5.58. The molecule has 0 saturated carbocycles. The van der Waals surface area contributed by atoms with Gasteiger partial charge in [0.2, 0.25) is 0 Å². The van der Waals surface area contributed by atoms with Crippen LogP contribution < -0.4 is 4.74 Å². The molecule has 1 aromatic heterocycles. The summed E-state index contributed by atoms with van der Waals surface area (Å²) in [5, 5.41) is 15.3. The topological polar surface area (TPSA) is 47.3 Å². The first-order valence-electron chi connectivity index (χ1n) is 6.12. The van der Waals surface area contributed by atoms with Gasteiger partial charge in [-0.05, 0) is 25.5 Å². The molecule has 1 N–H and O–H groups in total. The largest absolute Gasteiger partial charge is 0.493 e. The normalized spacial score (nSPS) is 12.5. The highest BCUT2D eigenvalue weighted by atomic mass is 35.5. The van der Waals surface area contributed by atoms with Crippen molar-refractivity contribution in [2.45, 2.75) is 26.5 Å². The number of aromatic nitrogens is 2. The van der Waals surface area contributed by atoms with Gasteiger partial charge in [-0.1, -0.05) is 23.7 Å². The van der Waals surface area contributed by atoms with Gasteiger partial charge in [-0.15, -0.1) is 0 Å². The molecule has 4 nitrogen and oxygen atoms in total. The van der Waals surface area contributed by atoms with Crippen molar-refractivity contribution < 1.29 is 9.84 Å². The number of halogens is 1. The Morgan fingerprint density at radius 3 is 2.79 bits per heavy atom. The van der Waals surface area contributed by atoms with Gasteiger partial charge in [0.1, 0.15) is 11.8 Å². The van der Waals surface area contributed by atoms with E-state index in [0.717, 1.165) is 5.56 Å². The zero-order chi connectivity index (χ0) is 14.0. The van der Waals surface area contributed by atoms with Gasteiger partial charge in [-0.2, -0.15) is 5.10 Å². The Balaban J connectivity index is 2.48. The molecular weight excluding hydrogens is 264 g/mol. The molecule has 102 valence electrons. The van der Waals surface area contributed by atoms with Crippen molar-refractivity contribution in [1.29, 1.82) is 0 Å². The van der Waals surface area contributed by atoms with Crippen molar-refractivity contribution in [2.75, 3.05) is 7.11 Å². The van der Waals surface area contributed by atoms with E-state index in [1.807, 2.05) is 32.0 Å². The van der Waals surface area contributed by atoms with Gasteiger partial charge in [-0.25, -0.2) is 0 Å². The fourth-order valence-electron chi connectivity index (χ4n) is 2.06. The molecule has 1 aromatic carbocycles. The van der Waals surface area contributed by atoms with Crippen LogP contribution in [0.3, 0.4) is 0 Å². The van der Waals surface area contributed by atoms with Crippen molar-refractivity contribution in [2.24, 2.45) is 0 Å². The minimum absolute atomic E-state index is 0.540. The van der Waals surface area contributed by atoms with Gasteiger partial charge >= 0.3 is 0 Å². The van der Waals surface area contributed by atoms with E-state index in [2.05, 4.69) is 5.10 Å². The van der Waals surface area contributed by atoms with E-state index in [4.69, 9.17) is 16.3 Å². The zero-order valence-corrected chi connectivity index (χ0v) is 12.0. The lowest BCUT2D eigenvalue weighted by Crippen LogP contribution is -2.10. The average Bonchev–Trinajstić information content (AvgIpc) is 2.80. The lowest BCUT2D eigenvalue weighted by atomic mass is 10.0. The molecule has 0 fully saturated rings. The van der Waals surface area contributed by atoms with Gasteiger partial charge < -0.3 is 9.84 Å². The predicted octanol–water partition coefficient (Wildman–Crippen LogP) is 2.96. The minimum Gasteiger partial charge on any atom is -0.493 e. The maximum Gasteiger partial charge on any atom is 0.163 e. The smallest absolute Gasteiger partial charge is 0.163 e. The highest BCUT2D eigenvalue weighted by molar-refractivity contribution is 6.31. The zero-order valence-electron chi connectivity index (χ0n) is 11.2. The number of methoxy groups -OCH3 is 1. The van der Waals surface area contributed by atoms with Crippen molar-refractivity contribution in [3.63, 3.8) is 0 Å². The number of hydrogen-bond donors (Lipinski definition) is 1. The third-order valence-electron chi connectivity index (χ3n) is 3.07. The Morgan fingerprint density at radius 2 is 2.21 bits per heavy atom. The van der Waals surface area contributed by atoms with E-state index in [1.165, 1.54) is 0 Å². The fraction of sp³-hybridized carbons (Fsp3) is 0.357. The molecule has 0 radical (unpaired) electrons. The van der Waals surface area contributed by atoms with Crippen molar-refractivity contribution >= 4 is 11.6 Å². The standard InChI is InChI=1S/C14H17ClN2O2/c1-4-17-13(12(19-3)8-16-17)14(18)10-6-5-9(2)7-11(10)15/h5-8,14,18H,4H2,1-3H3. The van der Waals surface area contributed by atoms with E-state index in [9.17, 15) is 5.11 Å². The van der Waals surface area contributed by atoms with Gasteiger partial charge in [0.15, 0.2) is 5.75 Å². The van der Waals surface area contributed by atoms with E-state index >= 15 is 0 Å². The average molecular weight is 281 g/mol. The summed E-state index contributed by atoms with van der Waals surface area (Å²) in [4.78, 5) is 0. The quantitative estimate of drug-likeness (QED) is 0.937. The summed E-state index contributed by atoms with van der Waals surface area (Å²) in [7, 11) is 1.56. The molecule has 19 heavy (non-hydrogen) atoms. The Kier molecular flexibility index (Phi) is 4.12. The van der Waals surface area contributed by atoms with Crippen molar-refractivity contribution in [3.8, 4) is 5.75 Å². The maximum absolute atomic E-state index is 10.6. The van der Waals surface area contributed by atoms with E-state index in [1.54, 1.807) is 18.0 Å². The Morgan fingerprint density at radius 1 is 1.47 bits per heavy atom. The second-order valence-corrected chi connectivity index (χ2v) is 4.75. The van der Waals surface area contributed by atoms with Gasteiger partial charge in [0.25, 0.3) is 0 Å². The molecule has 0 saturated heterocycles. The number of aryl methyl sites for hydroxylation is 2. The van der Waals surface area contributed by atoms with Crippen LogP contribution in [0.2, 0.25) is 5.02 Å². The summed E-state index contributed by atoms with van der Waals surface area (Å²) in [6.07, 6.45) is 0.745. The molecular formula is C14H17ClN2O2. The first-order chi connectivity index (χ1) is 9.08. The molecule has 2 rings (SSSR count). The number of benzene rings is 1. The van der Waals surface area contributed by atoms with Crippen LogP contribution in [-0.4, -0.2) is 22.0 Å². The van der Waals surface area contributed by atoms with E-state index in [0.29, 0.717) is 28.6 Å². The number of rotatable bonds is 4. The Labute approximate surface area is 117 Å². The van der Waals surface area contributed by atoms with Crippen LogP contribution in [0, 0.1) is 6.92 Å². The summed E-state index contributed by atoms with van der Waals surface area (Å²) in [5.41, 5.74) is 2.33. The SMILES string of the molecule is CCn1ncc(OC)c1C(O)c1ccc(C)cc1Cl. The number of aliphatic hydroxyl groups is 1. The molecule has 5 heteroatoms. The monoisotopic (exact) mass is 280 g/mol. The molecule has 1 unspecified atom stereocenters. The minimum atomic E-state index is -0.856.